The molecule has 0 amide bonds. The molecule has 0 saturated heterocycles. The van der Waals surface area contributed by atoms with Gasteiger partial charge in [-0.15, -0.1) is 0 Å². The highest BCUT2D eigenvalue weighted by atomic mass is 16.5. The first-order valence-corrected chi connectivity index (χ1v) is 6.06. The van der Waals surface area contributed by atoms with E-state index in [1.54, 1.807) is 6.08 Å². The molecular formula is C14H18O5. The second-order valence-electron chi connectivity index (χ2n) is 4.40. The predicted octanol–water partition coefficient (Wildman–Crippen LogP) is 1.57. The highest BCUT2D eigenvalue weighted by Crippen LogP contribution is 2.43. The number of methoxy groups -OCH3 is 2. The molecule has 0 aromatic carbocycles. The van der Waals surface area contributed by atoms with Gasteiger partial charge in [0.1, 0.15) is 6.29 Å². The number of carbonyl (C=O) groups excluding carboxylic acids is 3. The first kappa shape index (κ1) is 15.1. The van der Waals surface area contributed by atoms with Crippen molar-refractivity contribution in [2.24, 2.45) is 5.41 Å². The fourth-order valence-corrected chi connectivity index (χ4v) is 2.25. The van der Waals surface area contributed by atoms with Crippen LogP contribution < -0.4 is 0 Å². The van der Waals surface area contributed by atoms with E-state index in [-0.39, 0.29) is 12.8 Å². The third-order valence-corrected chi connectivity index (χ3v) is 3.25. The summed E-state index contributed by atoms with van der Waals surface area (Å²) in [5.74, 6) is -1.34. The van der Waals surface area contributed by atoms with E-state index in [0.717, 1.165) is 6.42 Å². The topological polar surface area (TPSA) is 69.7 Å². The Morgan fingerprint density at radius 3 is 2.11 bits per heavy atom. The second-order valence-corrected chi connectivity index (χ2v) is 4.40. The van der Waals surface area contributed by atoms with Crippen LogP contribution in [-0.4, -0.2) is 32.4 Å². The van der Waals surface area contributed by atoms with E-state index < -0.39 is 17.4 Å². The van der Waals surface area contributed by atoms with Crippen molar-refractivity contribution in [3.8, 4) is 0 Å². The SMILES string of the molecule is CC/C=C\C1=C(C=O)CC(C(=O)OC)(C(=O)OC)C1. The molecule has 0 aromatic rings. The predicted molar refractivity (Wildman–Crippen MR) is 68.2 cm³/mol. The molecule has 5 heteroatoms. The minimum Gasteiger partial charge on any atom is -0.468 e. The molecule has 0 fully saturated rings. The van der Waals surface area contributed by atoms with Crippen LogP contribution in [-0.2, 0) is 23.9 Å². The molecule has 1 rings (SSSR count). The van der Waals surface area contributed by atoms with E-state index in [4.69, 9.17) is 9.47 Å². The maximum Gasteiger partial charge on any atom is 0.323 e. The van der Waals surface area contributed by atoms with Crippen molar-refractivity contribution in [1.82, 2.24) is 0 Å². The van der Waals surface area contributed by atoms with E-state index in [1.807, 2.05) is 13.0 Å². The van der Waals surface area contributed by atoms with Crippen LogP contribution in [0.1, 0.15) is 26.2 Å². The summed E-state index contributed by atoms with van der Waals surface area (Å²) in [6.07, 6.45) is 5.30. The molecule has 0 saturated carbocycles. The number of allylic oxidation sites excluding steroid dienone is 4. The number of ether oxygens (including phenoxy) is 2. The lowest BCUT2D eigenvalue weighted by Gasteiger charge is -2.23. The van der Waals surface area contributed by atoms with Crippen molar-refractivity contribution in [2.45, 2.75) is 26.2 Å². The molecule has 0 aliphatic heterocycles. The van der Waals surface area contributed by atoms with Gasteiger partial charge in [-0.1, -0.05) is 19.1 Å². The second kappa shape index (κ2) is 6.31. The molecule has 5 nitrogen and oxygen atoms in total. The van der Waals surface area contributed by atoms with Gasteiger partial charge in [0.05, 0.1) is 14.2 Å². The van der Waals surface area contributed by atoms with Gasteiger partial charge in [-0.2, -0.15) is 0 Å². The number of carbonyl (C=O) groups is 3. The molecule has 0 radical (unpaired) electrons. The average molecular weight is 266 g/mol. The Balaban J connectivity index is 3.15. The summed E-state index contributed by atoms with van der Waals surface area (Å²) < 4.78 is 9.40. The van der Waals surface area contributed by atoms with Crippen LogP contribution in [0.4, 0.5) is 0 Å². The minimum absolute atomic E-state index is 0.0270. The van der Waals surface area contributed by atoms with Crippen LogP contribution in [0, 0.1) is 5.41 Å². The zero-order valence-electron chi connectivity index (χ0n) is 11.4. The van der Waals surface area contributed by atoms with Gasteiger partial charge in [0.15, 0.2) is 5.41 Å². The van der Waals surface area contributed by atoms with E-state index in [1.165, 1.54) is 14.2 Å². The minimum atomic E-state index is -1.42. The molecule has 1 aliphatic carbocycles. The Kier molecular flexibility index (Phi) is 5.03. The Morgan fingerprint density at radius 1 is 1.16 bits per heavy atom. The lowest BCUT2D eigenvalue weighted by atomic mass is 9.83. The smallest absolute Gasteiger partial charge is 0.323 e. The highest BCUT2D eigenvalue weighted by molar-refractivity contribution is 6.03. The third-order valence-electron chi connectivity index (χ3n) is 3.25. The van der Waals surface area contributed by atoms with Crippen LogP contribution >= 0.6 is 0 Å². The van der Waals surface area contributed by atoms with Crippen LogP contribution in [0.15, 0.2) is 23.3 Å². The van der Waals surface area contributed by atoms with Crippen LogP contribution in [0.2, 0.25) is 0 Å². The molecular weight excluding hydrogens is 248 g/mol. The fraction of sp³-hybridized carbons (Fsp3) is 0.500. The van der Waals surface area contributed by atoms with Crippen molar-refractivity contribution >= 4 is 18.2 Å². The van der Waals surface area contributed by atoms with Crippen LogP contribution in [0.3, 0.4) is 0 Å². The van der Waals surface area contributed by atoms with Gasteiger partial charge in [-0.05, 0) is 24.0 Å². The summed E-state index contributed by atoms with van der Waals surface area (Å²) in [4.78, 5) is 34.9. The summed E-state index contributed by atoms with van der Waals surface area (Å²) >= 11 is 0. The van der Waals surface area contributed by atoms with Gasteiger partial charge in [-0.25, -0.2) is 0 Å². The lowest BCUT2D eigenvalue weighted by Crippen LogP contribution is -2.39. The molecule has 0 atom stereocenters. The molecule has 19 heavy (non-hydrogen) atoms. The van der Waals surface area contributed by atoms with E-state index in [0.29, 0.717) is 17.4 Å². The normalized spacial score (nSPS) is 17.6. The van der Waals surface area contributed by atoms with Gasteiger partial charge in [0.2, 0.25) is 0 Å². The van der Waals surface area contributed by atoms with Crippen molar-refractivity contribution in [3.63, 3.8) is 0 Å². The molecule has 0 spiro atoms. The van der Waals surface area contributed by atoms with E-state index >= 15 is 0 Å². The molecule has 0 N–H and O–H groups in total. The van der Waals surface area contributed by atoms with E-state index in [2.05, 4.69) is 0 Å². The molecule has 104 valence electrons. The highest BCUT2D eigenvalue weighted by Gasteiger charge is 2.52. The zero-order valence-corrected chi connectivity index (χ0v) is 11.4. The fourth-order valence-electron chi connectivity index (χ4n) is 2.25. The molecule has 0 heterocycles. The van der Waals surface area contributed by atoms with Gasteiger partial charge in [0.25, 0.3) is 0 Å². The standard InChI is InChI=1S/C14H18O5/c1-4-5-6-10-7-14(12(16)18-2,13(17)19-3)8-11(10)9-15/h5-6,9H,4,7-8H2,1-3H3/b6-5-. The first-order chi connectivity index (χ1) is 9.05. The average Bonchev–Trinajstić information content (AvgIpc) is 2.83. The van der Waals surface area contributed by atoms with Gasteiger partial charge >= 0.3 is 11.9 Å². The Morgan fingerprint density at radius 2 is 1.68 bits per heavy atom. The number of aldehydes is 1. The quantitative estimate of drug-likeness (QED) is 0.429. The first-order valence-electron chi connectivity index (χ1n) is 6.06. The summed E-state index contributed by atoms with van der Waals surface area (Å²) in [7, 11) is 2.43. The largest absolute Gasteiger partial charge is 0.468 e. The number of hydrogen-bond acceptors (Lipinski definition) is 5. The third kappa shape index (κ3) is 2.75. The number of rotatable bonds is 5. The Bertz CT molecular complexity index is 429. The van der Waals surface area contributed by atoms with Crippen LogP contribution in [0.25, 0.3) is 0 Å². The van der Waals surface area contributed by atoms with Crippen molar-refractivity contribution in [2.75, 3.05) is 14.2 Å². The monoisotopic (exact) mass is 266 g/mol. The van der Waals surface area contributed by atoms with Crippen molar-refractivity contribution < 1.29 is 23.9 Å². The molecule has 0 aromatic heterocycles. The van der Waals surface area contributed by atoms with Gasteiger partial charge < -0.3 is 9.47 Å². The number of hydrogen-bond donors (Lipinski definition) is 0. The van der Waals surface area contributed by atoms with Crippen LogP contribution in [0.5, 0.6) is 0 Å². The maximum absolute atomic E-state index is 11.9. The molecule has 0 unspecified atom stereocenters. The summed E-state index contributed by atoms with van der Waals surface area (Å²) in [5, 5.41) is 0. The summed E-state index contributed by atoms with van der Waals surface area (Å²) in [6, 6.07) is 0. The number of esters is 2. The molecule has 0 bridgehead atoms. The van der Waals surface area contributed by atoms with Gasteiger partial charge in [-0.3, -0.25) is 14.4 Å². The van der Waals surface area contributed by atoms with E-state index in [9.17, 15) is 14.4 Å². The molecule has 1 aliphatic rings. The summed E-state index contributed by atoms with van der Waals surface area (Å²) in [5.41, 5.74) is -0.291. The van der Waals surface area contributed by atoms with Crippen molar-refractivity contribution in [1.29, 1.82) is 0 Å². The summed E-state index contributed by atoms with van der Waals surface area (Å²) in [6.45, 7) is 1.96. The van der Waals surface area contributed by atoms with Gasteiger partial charge in [0, 0.05) is 6.42 Å². The Hall–Kier alpha value is -1.91. The Labute approximate surface area is 112 Å². The van der Waals surface area contributed by atoms with Crippen molar-refractivity contribution in [3.05, 3.63) is 23.3 Å². The zero-order chi connectivity index (χ0) is 14.5. The maximum atomic E-state index is 11.9. The lowest BCUT2D eigenvalue weighted by molar-refractivity contribution is -0.168.